The van der Waals surface area contributed by atoms with Gasteiger partial charge in [0.15, 0.2) is 0 Å². The van der Waals surface area contributed by atoms with E-state index in [0.717, 1.165) is 17.7 Å². The molecule has 4 nitrogen and oxygen atoms in total. The van der Waals surface area contributed by atoms with Gasteiger partial charge in [-0.1, -0.05) is 30.3 Å². The molecule has 0 amide bonds. The van der Waals surface area contributed by atoms with Crippen LogP contribution in [0.1, 0.15) is 5.56 Å². The molecule has 0 spiro atoms. The zero-order valence-electron chi connectivity index (χ0n) is 10.0. The van der Waals surface area contributed by atoms with Gasteiger partial charge in [0.2, 0.25) is 0 Å². The van der Waals surface area contributed by atoms with Gasteiger partial charge in [-0.05, 0) is 29.8 Å². The van der Waals surface area contributed by atoms with Crippen molar-refractivity contribution in [2.75, 3.05) is 0 Å². The van der Waals surface area contributed by atoms with Gasteiger partial charge in [-0.3, -0.25) is 0 Å². The van der Waals surface area contributed by atoms with Gasteiger partial charge in [-0.25, -0.2) is 18.2 Å². The van der Waals surface area contributed by atoms with Crippen molar-refractivity contribution in [1.29, 1.82) is 0 Å². The van der Waals surface area contributed by atoms with Crippen molar-refractivity contribution in [2.24, 2.45) is 0 Å². The Morgan fingerprint density at radius 1 is 0.947 bits per heavy atom. The van der Waals surface area contributed by atoms with Crippen LogP contribution >= 0.6 is 0 Å². The topological polar surface area (TPSA) is 58.2 Å². The average Bonchev–Trinajstić information content (AvgIpc) is 2.40. The van der Waals surface area contributed by atoms with Crippen LogP contribution in [0.2, 0.25) is 0 Å². The molecular formula is C13H13FN2O2S. The van der Waals surface area contributed by atoms with Crippen LogP contribution in [0.5, 0.6) is 0 Å². The van der Waals surface area contributed by atoms with Gasteiger partial charge < -0.3 is 0 Å². The summed E-state index contributed by atoms with van der Waals surface area (Å²) >= 11 is 0. The second-order valence-corrected chi connectivity index (χ2v) is 5.58. The summed E-state index contributed by atoms with van der Waals surface area (Å²) in [6.45, 7) is 0.362. The van der Waals surface area contributed by atoms with E-state index in [1.54, 1.807) is 0 Å². The minimum atomic E-state index is -3.67. The van der Waals surface area contributed by atoms with Crippen LogP contribution in [0, 0.1) is 5.82 Å². The minimum Gasteiger partial charge on any atom is -0.239 e. The largest absolute Gasteiger partial charge is 0.253 e. The zero-order valence-corrected chi connectivity index (χ0v) is 10.8. The smallest absolute Gasteiger partial charge is 0.239 e. The Morgan fingerprint density at radius 2 is 1.58 bits per heavy atom. The predicted octanol–water partition coefficient (Wildman–Crippen LogP) is 1.81. The quantitative estimate of drug-likeness (QED) is 0.821. The van der Waals surface area contributed by atoms with Crippen molar-refractivity contribution >= 4 is 10.0 Å². The first kappa shape index (κ1) is 13.7. The van der Waals surface area contributed by atoms with E-state index in [1.165, 1.54) is 12.1 Å². The third kappa shape index (κ3) is 3.85. The summed E-state index contributed by atoms with van der Waals surface area (Å²) in [6, 6.07) is 14.0. The van der Waals surface area contributed by atoms with E-state index in [2.05, 4.69) is 10.3 Å². The van der Waals surface area contributed by atoms with E-state index in [-0.39, 0.29) is 4.90 Å². The highest BCUT2D eigenvalue weighted by molar-refractivity contribution is 7.89. The first-order chi connectivity index (χ1) is 9.08. The molecule has 0 aliphatic heterocycles. The molecule has 0 fully saturated rings. The van der Waals surface area contributed by atoms with E-state index in [0.29, 0.717) is 6.54 Å². The summed E-state index contributed by atoms with van der Waals surface area (Å²) in [5.74, 6) is -0.476. The van der Waals surface area contributed by atoms with Crippen LogP contribution in [-0.4, -0.2) is 8.42 Å². The molecule has 0 radical (unpaired) electrons. The molecule has 0 unspecified atom stereocenters. The monoisotopic (exact) mass is 280 g/mol. The van der Waals surface area contributed by atoms with E-state index in [4.69, 9.17) is 0 Å². The minimum absolute atomic E-state index is 0.00876. The van der Waals surface area contributed by atoms with E-state index >= 15 is 0 Å². The molecule has 2 aromatic rings. The summed E-state index contributed by atoms with van der Waals surface area (Å²) in [5, 5.41) is 0. The second kappa shape index (κ2) is 5.92. The number of benzene rings is 2. The van der Waals surface area contributed by atoms with Crippen molar-refractivity contribution in [3.8, 4) is 0 Å². The highest BCUT2D eigenvalue weighted by Gasteiger charge is 2.12. The summed E-state index contributed by atoms with van der Waals surface area (Å²) in [5.41, 5.74) is 3.57. The summed E-state index contributed by atoms with van der Waals surface area (Å²) in [4.78, 5) is 2.25. The van der Waals surface area contributed by atoms with Crippen LogP contribution in [0.25, 0.3) is 0 Å². The summed E-state index contributed by atoms with van der Waals surface area (Å²) < 4.78 is 36.4. The van der Waals surface area contributed by atoms with Crippen molar-refractivity contribution in [3.05, 3.63) is 66.0 Å². The third-order valence-corrected chi connectivity index (χ3v) is 3.77. The standard InChI is InChI=1S/C13H13FN2O2S/c14-12-6-8-13(9-7-12)19(17,18)16-15-10-11-4-2-1-3-5-11/h1-9,15-16H,10H2. The average molecular weight is 280 g/mol. The molecule has 2 rings (SSSR count). The number of hydrazine groups is 1. The lowest BCUT2D eigenvalue weighted by atomic mass is 10.2. The summed E-state index contributed by atoms with van der Waals surface area (Å²) in [7, 11) is -3.67. The Hall–Kier alpha value is -1.76. The molecule has 0 aromatic heterocycles. The van der Waals surface area contributed by atoms with Crippen LogP contribution in [0.15, 0.2) is 59.5 Å². The Bertz CT molecular complexity index is 627. The van der Waals surface area contributed by atoms with Gasteiger partial charge in [0.25, 0.3) is 10.0 Å². The Balaban J connectivity index is 1.97. The lowest BCUT2D eigenvalue weighted by Crippen LogP contribution is -2.36. The number of nitrogens with one attached hydrogen (secondary N) is 2. The van der Waals surface area contributed by atoms with Crippen LogP contribution in [-0.2, 0) is 16.6 Å². The maximum atomic E-state index is 12.7. The zero-order chi connectivity index (χ0) is 13.7. The number of hydrogen-bond acceptors (Lipinski definition) is 3. The normalized spacial score (nSPS) is 11.4. The molecule has 2 aromatic carbocycles. The Kier molecular flexibility index (Phi) is 4.26. The fourth-order valence-corrected chi connectivity index (χ4v) is 2.38. The number of halogens is 1. The first-order valence-corrected chi connectivity index (χ1v) is 7.10. The SMILES string of the molecule is O=S(=O)(NNCc1ccccc1)c1ccc(F)cc1. The molecule has 0 aliphatic carbocycles. The van der Waals surface area contributed by atoms with Crippen molar-refractivity contribution in [3.63, 3.8) is 0 Å². The Labute approximate surface area is 111 Å². The lowest BCUT2D eigenvalue weighted by Gasteiger charge is -2.08. The highest BCUT2D eigenvalue weighted by atomic mass is 32.2. The van der Waals surface area contributed by atoms with Crippen molar-refractivity contribution in [2.45, 2.75) is 11.4 Å². The Morgan fingerprint density at radius 3 is 2.21 bits per heavy atom. The fourth-order valence-electron chi connectivity index (χ4n) is 1.50. The van der Waals surface area contributed by atoms with Crippen molar-refractivity contribution < 1.29 is 12.8 Å². The molecule has 0 saturated heterocycles. The van der Waals surface area contributed by atoms with E-state index in [9.17, 15) is 12.8 Å². The number of sulfonamides is 1. The molecule has 6 heteroatoms. The molecule has 2 N–H and O–H groups in total. The highest BCUT2D eigenvalue weighted by Crippen LogP contribution is 2.08. The van der Waals surface area contributed by atoms with Crippen LogP contribution in [0.4, 0.5) is 4.39 Å². The second-order valence-electron chi connectivity index (χ2n) is 3.90. The van der Waals surface area contributed by atoms with Gasteiger partial charge in [0.05, 0.1) is 4.90 Å². The molecule has 0 bridgehead atoms. The van der Waals surface area contributed by atoms with Gasteiger partial charge >= 0.3 is 0 Å². The number of hydrogen-bond donors (Lipinski definition) is 2. The maximum absolute atomic E-state index is 12.7. The van der Waals surface area contributed by atoms with Crippen molar-refractivity contribution in [1.82, 2.24) is 10.3 Å². The predicted molar refractivity (Wildman–Crippen MR) is 70.0 cm³/mol. The first-order valence-electron chi connectivity index (χ1n) is 5.62. The third-order valence-electron chi connectivity index (χ3n) is 2.47. The van der Waals surface area contributed by atoms with E-state index in [1.807, 2.05) is 30.3 Å². The summed E-state index contributed by atoms with van der Waals surface area (Å²) in [6.07, 6.45) is 0. The molecule has 0 aliphatic rings. The maximum Gasteiger partial charge on any atom is 0.253 e. The van der Waals surface area contributed by atoms with Crippen LogP contribution < -0.4 is 10.3 Å². The van der Waals surface area contributed by atoms with Gasteiger partial charge in [0.1, 0.15) is 5.82 Å². The van der Waals surface area contributed by atoms with Gasteiger partial charge in [0, 0.05) is 6.54 Å². The van der Waals surface area contributed by atoms with Gasteiger partial charge in [-0.15, -0.1) is 4.83 Å². The van der Waals surface area contributed by atoms with Gasteiger partial charge in [-0.2, -0.15) is 0 Å². The molecule has 0 heterocycles. The molecule has 100 valence electrons. The molecule has 0 atom stereocenters. The molecule has 19 heavy (non-hydrogen) atoms. The number of rotatable bonds is 5. The molecule has 0 saturated carbocycles. The lowest BCUT2D eigenvalue weighted by molar-refractivity contribution is 0.554. The molecular weight excluding hydrogens is 267 g/mol. The fraction of sp³-hybridized carbons (Fsp3) is 0.0769. The van der Waals surface area contributed by atoms with Crippen LogP contribution in [0.3, 0.4) is 0 Å². The van der Waals surface area contributed by atoms with E-state index < -0.39 is 15.8 Å².